The molecule has 0 bridgehead atoms. The fraction of sp³-hybridized carbons (Fsp3) is 0.417. The normalized spacial score (nSPS) is 17.7. The van der Waals surface area contributed by atoms with Gasteiger partial charge in [-0.3, -0.25) is 14.5 Å². The first-order valence-corrected chi connectivity index (χ1v) is 10.5. The molecule has 0 saturated heterocycles. The molecule has 0 aromatic heterocycles. The van der Waals surface area contributed by atoms with Gasteiger partial charge in [-0.05, 0) is 66.6 Å². The van der Waals surface area contributed by atoms with Gasteiger partial charge >= 0.3 is 0 Å². The van der Waals surface area contributed by atoms with Crippen LogP contribution in [0.25, 0.3) is 0 Å². The number of anilines is 1. The van der Waals surface area contributed by atoms with Crippen molar-refractivity contribution in [3.8, 4) is 0 Å². The van der Waals surface area contributed by atoms with E-state index in [0.717, 1.165) is 63.1 Å². The van der Waals surface area contributed by atoms with Crippen molar-refractivity contribution >= 4 is 17.4 Å². The summed E-state index contributed by atoms with van der Waals surface area (Å²) in [6.07, 6.45) is 4.82. The number of carbonyl (C=O) groups excluding carboxylic acids is 2. The van der Waals surface area contributed by atoms with Crippen molar-refractivity contribution < 1.29 is 9.59 Å². The quantitative estimate of drug-likeness (QED) is 0.569. The minimum atomic E-state index is 0.231. The van der Waals surface area contributed by atoms with E-state index in [2.05, 4.69) is 29.2 Å². The van der Waals surface area contributed by atoms with Crippen LogP contribution in [0.4, 0.5) is 5.69 Å². The highest BCUT2D eigenvalue weighted by molar-refractivity contribution is 6.02. The number of hydrogen-bond acceptors (Lipinski definition) is 3. The highest BCUT2D eigenvalue weighted by atomic mass is 16.2. The van der Waals surface area contributed by atoms with E-state index < -0.39 is 0 Å². The standard InChI is InChI=1S/C24H26N2O2/c27-22(7-3-4-11-25-15-19-5-1-2-6-20(19)16-25)21-13-17-8-9-23(28)26-12-10-18(14-21)24(17)26/h1-2,5-6,13-14H,3-4,7-12,15-16H2. The van der Waals surface area contributed by atoms with Gasteiger partial charge in [-0.2, -0.15) is 0 Å². The summed E-state index contributed by atoms with van der Waals surface area (Å²) in [6, 6.07) is 12.7. The molecular formula is C24H26N2O2. The fourth-order valence-corrected chi connectivity index (χ4v) is 4.95. The molecular weight excluding hydrogens is 348 g/mol. The minimum Gasteiger partial charge on any atom is -0.312 e. The Hall–Kier alpha value is -2.46. The molecule has 0 unspecified atom stereocenters. The SMILES string of the molecule is O=C(CCCCN1Cc2ccccc2C1)c1cc2c3c(c1)CCN3C(=O)CC2. The first-order valence-electron chi connectivity index (χ1n) is 10.5. The van der Waals surface area contributed by atoms with Crippen LogP contribution in [-0.2, 0) is 30.7 Å². The maximum Gasteiger partial charge on any atom is 0.227 e. The lowest BCUT2D eigenvalue weighted by Gasteiger charge is -2.25. The Bertz CT molecular complexity index is 925. The second-order valence-electron chi connectivity index (χ2n) is 8.30. The molecule has 0 radical (unpaired) electrons. The Morgan fingerprint density at radius 1 is 0.893 bits per heavy atom. The molecule has 0 aliphatic carbocycles. The number of ketones is 1. The molecule has 4 heteroatoms. The van der Waals surface area contributed by atoms with E-state index in [1.54, 1.807) is 0 Å². The van der Waals surface area contributed by atoms with Crippen molar-refractivity contribution in [3.63, 3.8) is 0 Å². The van der Waals surface area contributed by atoms with Gasteiger partial charge in [0.15, 0.2) is 5.78 Å². The van der Waals surface area contributed by atoms with Gasteiger partial charge in [0.05, 0.1) is 5.69 Å². The second-order valence-corrected chi connectivity index (χ2v) is 8.30. The van der Waals surface area contributed by atoms with Gasteiger partial charge in [0.2, 0.25) is 5.91 Å². The number of hydrogen-bond donors (Lipinski definition) is 0. The van der Waals surface area contributed by atoms with Crippen molar-refractivity contribution in [1.82, 2.24) is 4.90 Å². The van der Waals surface area contributed by atoms with Crippen LogP contribution in [0, 0.1) is 0 Å². The molecule has 0 N–H and O–H groups in total. The van der Waals surface area contributed by atoms with Gasteiger partial charge in [-0.1, -0.05) is 24.3 Å². The van der Waals surface area contributed by atoms with Crippen LogP contribution in [0.15, 0.2) is 36.4 Å². The number of benzene rings is 2. The van der Waals surface area contributed by atoms with Crippen LogP contribution in [0.5, 0.6) is 0 Å². The molecule has 3 aliphatic rings. The Morgan fingerprint density at radius 2 is 1.61 bits per heavy atom. The summed E-state index contributed by atoms with van der Waals surface area (Å²) < 4.78 is 0. The van der Waals surface area contributed by atoms with Gasteiger partial charge in [-0.15, -0.1) is 0 Å². The van der Waals surface area contributed by atoms with Crippen molar-refractivity contribution in [2.45, 2.75) is 51.6 Å². The van der Waals surface area contributed by atoms with E-state index in [-0.39, 0.29) is 11.7 Å². The number of fused-ring (bicyclic) bond motifs is 1. The van der Waals surface area contributed by atoms with E-state index in [1.165, 1.54) is 22.3 Å². The third kappa shape index (κ3) is 3.16. The van der Waals surface area contributed by atoms with Gasteiger partial charge in [-0.25, -0.2) is 0 Å². The maximum atomic E-state index is 12.8. The third-order valence-electron chi connectivity index (χ3n) is 6.41. The summed E-state index contributed by atoms with van der Waals surface area (Å²) in [7, 11) is 0. The second kappa shape index (κ2) is 7.17. The number of carbonyl (C=O) groups is 2. The summed E-state index contributed by atoms with van der Waals surface area (Å²) in [4.78, 5) is 29.2. The Labute approximate surface area is 166 Å². The Kier molecular flexibility index (Phi) is 4.52. The van der Waals surface area contributed by atoms with Crippen LogP contribution in [-0.4, -0.2) is 29.7 Å². The van der Waals surface area contributed by atoms with Crippen molar-refractivity contribution in [3.05, 3.63) is 64.2 Å². The average Bonchev–Trinajstić information content (AvgIpc) is 3.32. The number of amides is 1. The molecule has 0 fully saturated rings. The van der Waals surface area contributed by atoms with E-state index in [9.17, 15) is 9.59 Å². The molecule has 5 rings (SSSR count). The third-order valence-corrected chi connectivity index (χ3v) is 6.41. The van der Waals surface area contributed by atoms with E-state index >= 15 is 0 Å². The van der Waals surface area contributed by atoms with Crippen LogP contribution in [0.2, 0.25) is 0 Å². The maximum absolute atomic E-state index is 12.8. The zero-order chi connectivity index (χ0) is 19.1. The lowest BCUT2D eigenvalue weighted by atomic mass is 9.94. The highest BCUT2D eigenvalue weighted by Crippen LogP contribution is 2.37. The summed E-state index contributed by atoms with van der Waals surface area (Å²) >= 11 is 0. The number of unbranched alkanes of at least 4 members (excludes halogenated alkanes) is 1. The summed E-state index contributed by atoms with van der Waals surface area (Å²) in [6.45, 7) is 3.90. The molecule has 0 saturated carbocycles. The molecule has 1 amide bonds. The monoisotopic (exact) mass is 374 g/mol. The van der Waals surface area contributed by atoms with E-state index in [0.29, 0.717) is 12.8 Å². The molecule has 28 heavy (non-hydrogen) atoms. The molecule has 2 aromatic rings. The molecule has 144 valence electrons. The van der Waals surface area contributed by atoms with Gasteiger partial charge < -0.3 is 4.90 Å². The van der Waals surface area contributed by atoms with Crippen LogP contribution in [0.3, 0.4) is 0 Å². The minimum absolute atomic E-state index is 0.231. The summed E-state index contributed by atoms with van der Waals surface area (Å²) in [5.74, 6) is 0.480. The van der Waals surface area contributed by atoms with Gasteiger partial charge in [0, 0.05) is 38.0 Å². The lowest BCUT2D eigenvalue weighted by Crippen LogP contribution is -2.32. The fourth-order valence-electron chi connectivity index (χ4n) is 4.95. The first kappa shape index (κ1) is 17.6. The molecule has 2 aromatic carbocycles. The summed E-state index contributed by atoms with van der Waals surface area (Å²) in [5.41, 5.74) is 7.20. The Morgan fingerprint density at radius 3 is 2.36 bits per heavy atom. The number of rotatable bonds is 6. The topological polar surface area (TPSA) is 40.6 Å². The molecule has 4 nitrogen and oxygen atoms in total. The largest absolute Gasteiger partial charge is 0.312 e. The smallest absolute Gasteiger partial charge is 0.227 e. The van der Waals surface area contributed by atoms with E-state index in [4.69, 9.17) is 0 Å². The van der Waals surface area contributed by atoms with Gasteiger partial charge in [0.1, 0.15) is 0 Å². The van der Waals surface area contributed by atoms with Gasteiger partial charge in [0.25, 0.3) is 0 Å². The number of aryl methyl sites for hydroxylation is 1. The zero-order valence-electron chi connectivity index (χ0n) is 16.2. The molecule has 0 spiro atoms. The first-order chi connectivity index (χ1) is 13.7. The predicted molar refractivity (Wildman–Crippen MR) is 110 cm³/mol. The van der Waals surface area contributed by atoms with Crippen LogP contribution in [0.1, 0.15) is 58.3 Å². The van der Waals surface area contributed by atoms with Crippen LogP contribution < -0.4 is 4.90 Å². The molecule has 0 atom stereocenters. The highest BCUT2D eigenvalue weighted by Gasteiger charge is 2.31. The van der Waals surface area contributed by atoms with Crippen molar-refractivity contribution in [2.24, 2.45) is 0 Å². The van der Waals surface area contributed by atoms with Crippen molar-refractivity contribution in [1.29, 1.82) is 0 Å². The van der Waals surface area contributed by atoms with Crippen LogP contribution >= 0.6 is 0 Å². The van der Waals surface area contributed by atoms with E-state index in [1.807, 2.05) is 17.0 Å². The predicted octanol–water partition coefficient (Wildman–Crippen LogP) is 3.89. The number of nitrogens with zero attached hydrogens (tertiary/aromatic N) is 2. The van der Waals surface area contributed by atoms with Crippen molar-refractivity contribution in [2.75, 3.05) is 18.0 Å². The molecule has 3 heterocycles. The zero-order valence-corrected chi connectivity index (χ0v) is 16.2. The lowest BCUT2D eigenvalue weighted by molar-refractivity contribution is -0.118. The Balaban J connectivity index is 1.16. The number of Topliss-reactive ketones (excluding diaryl/α,β-unsaturated/α-hetero) is 1. The molecule has 3 aliphatic heterocycles. The average molecular weight is 374 g/mol. The summed E-state index contributed by atoms with van der Waals surface area (Å²) in [5, 5.41) is 0.